The molecule has 0 radical (unpaired) electrons. The largest absolute Gasteiger partial charge is 0.323 e. The number of anilines is 1. The van der Waals surface area contributed by atoms with Crippen LogP contribution in [0.4, 0.5) is 10.1 Å². The molecule has 21 heavy (non-hydrogen) atoms. The van der Waals surface area contributed by atoms with Gasteiger partial charge in [0.25, 0.3) is 0 Å². The normalized spacial score (nSPS) is 11.0. The average Bonchev–Trinajstić information content (AvgIpc) is 2.47. The number of carbonyl (C=O) groups excluding carboxylic acids is 1. The molecule has 0 aromatic heterocycles. The molecule has 1 N–H and O–H groups in total. The zero-order chi connectivity index (χ0) is 15.2. The minimum Gasteiger partial charge on any atom is -0.323 e. The molecule has 0 aliphatic rings. The van der Waals surface area contributed by atoms with Crippen LogP contribution in [0.5, 0.6) is 0 Å². The van der Waals surface area contributed by atoms with Gasteiger partial charge in [-0.25, -0.2) is 4.39 Å². The van der Waals surface area contributed by atoms with Crippen LogP contribution in [0.15, 0.2) is 54.6 Å². The minimum atomic E-state index is -0.290. The highest BCUT2D eigenvalue weighted by molar-refractivity contribution is 6.01. The van der Waals surface area contributed by atoms with Crippen LogP contribution in [0, 0.1) is 5.82 Å². The number of amides is 1. The fourth-order valence-electron chi connectivity index (χ4n) is 1.88. The lowest BCUT2D eigenvalue weighted by Gasteiger charge is -2.07. The van der Waals surface area contributed by atoms with Gasteiger partial charge in [0.15, 0.2) is 0 Å². The zero-order valence-electron chi connectivity index (χ0n) is 12.1. The molecule has 0 spiro atoms. The smallest absolute Gasteiger partial charge is 0.248 e. The predicted molar refractivity (Wildman–Crippen MR) is 84.6 cm³/mol. The minimum absolute atomic E-state index is 0.211. The molecule has 0 saturated heterocycles. The van der Waals surface area contributed by atoms with Gasteiger partial charge in [-0.3, -0.25) is 4.79 Å². The molecule has 0 atom stereocenters. The third kappa shape index (κ3) is 4.56. The molecule has 0 heterocycles. The van der Waals surface area contributed by atoms with E-state index in [2.05, 4.69) is 19.2 Å². The Balaban J connectivity index is 1.96. The second-order valence-electron chi connectivity index (χ2n) is 5.15. The molecular formula is C18H18FNO. The van der Waals surface area contributed by atoms with Gasteiger partial charge in [-0.2, -0.15) is 0 Å². The van der Waals surface area contributed by atoms with Crippen molar-refractivity contribution >= 4 is 17.7 Å². The summed E-state index contributed by atoms with van der Waals surface area (Å²) in [6, 6.07) is 13.8. The average molecular weight is 283 g/mol. The van der Waals surface area contributed by atoms with E-state index in [1.807, 2.05) is 24.3 Å². The summed E-state index contributed by atoms with van der Waals surface area (Å²) in [5.74, 6) is -0.0356. The Morgan fingerprint density at radius 2 is 1.67 bits per heavy atom. The Kier molecular flexibility index (Phi) is 4.88. The zero-order valence-corrected chi connectivity index (χ0v) is 12.1. The second kappa shape index (κ2) is 6.84. The van der Waals surface area contributed by atoms with E-state index in [1.54, 1.807) is 18.2 Å². The first-order valence-electron chi connectivity index (χ1n) is 6.89. The van der Waals surface area contributed by atoms with Crippen molar-refractivity contribution in [2.75, 3.05) is 5.32 Å². The third-order valence-electron chi connectivity index (χ3n) is 3.14. The summed E-state index contributed by atoms with van der Waals surface area (Å²) >= 11 is 0. The third-order valence-corrected chi connectivity index (χ3v) is 3.14. The Morgan fingerprint density at radius 1 is 1.05 bits per heavy atom. The number of halogens is 1. The van der Waals surface area contributed by atoms with Crippen LogP contribution in [0.3, 0.4) is 0 Å². The maximum absolute atomic E-state index is 12.8. The van der Waals surface area contributed by atoms with Gasteiger partial charge in [0.2, 0.25) is 5.91 Å². The molecule has 2 rings (SSSR count). The molecule has 108 valence electrons. The summed E-state index contributed by atoms with van der Waals surface area (Å²) < 4.78 is 12.8. The second-order valence-corrected chi connectivity index (χ2v) is 5.15. The summed E-state index contributed by atoms with van der Waals surface area (Å²) in [5.41, 5.74) is 2.77. The fraction of sp³-hybridized carbons (Fsp3) is 0.167. The highest BCUT2D eigenvalue weighted by atomic mass is 19.1. The number of rotatable bonds is 4. The lowest BCUT2D eigenvalue weighted by atomic mass is 10.0. The Morgan fingerprint density at radius 3 is 2.24 bits per heavy atom. The Labute approximate surface area is 124 Å². The van der Waals surface area contributed by atoms with Crippen LogP contribution < -0.4 is 5.32 Å². The Hall–Kier alpha value is -2.42. The number of hydrogen-bond acceptors (Lipinski definition) is 1. The maximum Gasteiger partial charge on any atom is 0.248 e. The first kappa shape index (κ1) is 15.0. The molecule has 0 aliphatic heterocycles. The molecule has 3 heteroatoms. The highest BCUT2D eigenvalue weighted by Crippen LogP contribution is 2.17. The van der Waals surface area contributed by atoms with Crippen molar-refractivity contribution in [1.82, 2.24) is 0 Å². The highest BCUT2D eigenvalue weighted by Gasteiger charge is 2.01. The molecule has 0 saturated carbocycles. The van der Waals surface area contributed by atoms with Crippen LogP contribution in [0.25, 0.3) is 6.08 Å². The summed E-state index contributed by atoms with van der Waals surface area (Å²) in [4.78, 5) is 11.8. The van der Waals surface area contributed by atoms with E-state index >= 15 is 0 Å². The summed E-state index contributed by atoms with van der Waals surface area (Å²) in [7, 11) is 0. The number of benzene rings is 2. The lowest BCUT2D eigenvalue weighted by Crippen LogP contribution is -2.07. The monoisotopic (exact) mass is 283 g/mol. The van der Waals surface area contributed by atoms with Gasteiger partial charge in [-0.15, -0.1) is 0 Å². The molecule has 2 aromatic carbocycles. The van der Waals surface area contributed by atoms with E-state index in [0.717, 1.165) is 11.3 Å². The summed E-state index contributed by atoms with van der Waals surface area (Å²) in [6.45, 7) is 4.25. The molecule has 2 aromatic rings. The van der Waals surface area contributed by atoms with Crippen molar-refractivity contribution in [2.45, 2.75) is 19.8 Å². The van der Waals surface area contributed by atoms with Gasteiger partial charge in [0.05, 0.1) is 0 Å². The quantitative estimate of drug-likeness (QED) is 0.816. The van der Waals surface area contributed by atoms with Crippen LogP contribution in [0.2, 0.25) is 0 Å². The van der Waals surface area contributed by atoms with E-state index in [4.69, 9.17) is 0 Å². The molecule has 1 amide bonds. The van der Waals surface area contributed by atoms with Crippen LogP contribution in [-0.2, 0) is 4.79 Å². The van der Waals surface area contributed by atoms with Crippen molar-refractivity contribution in [3.05, 3.63) is 71.6 Å². The van der Waals surface area contributed by atoms with E-state index in [1.165, 1.54) is 23.8 Å². The Bertz CT molecular complexity index is 627. The van der Waals surface area contributed by atoms with Gasteiger partial charge in [0.1, 0.15) is 5.82 Å². The van der Waals surface area contributed by atoms with E-state index in [-0.39, 0.29) is 11.7 Å². The molecule has 0 fully saturated rings. The molecule has 0 unspecified atom stereocenters. The van der Waals surface area contributed by atoms with E-state index < -0.39 is 0 Å². The first-order valence-corrected chi connectivity index (χ1v) is 6.89. The van der Waals surface area contributed by atoms with E-state index in [0.29, 0.717) is 5.92 Å². The van der Waals surface area contributed by atoms with Gasteiger partial charge >= 0.3 is 0 Å². The van der Waals surface area contributed by atoms with Gasteiger partial charge in [-0.05, 0) is 47.4 Å². The topological polar surface area (TPSA) is 29.1 Å². The number of nitrogens with one attached hydrogen (secondary N) is 1. The van der Waals surface area contributed by atoms with Crippen molar-refractivity contribution < 1.29 is 9.18 Å². The lowest BCUT2D eigenvalue weighted by molar-refractivity contribution is -0.111. The molecule has 0 aliphatic carbocycles. The summed E-state index contributed by atoms with van der Waals surface area (Å²) in [6.07, 6.45) is 3.08. The van der Waals surface area contributed by atoms with Crippen molar-refractivity contribution in [1.29, 1.82) is 0 Å². The maximum atomic E-state index is 12.8. The number of hydrogen-bond donors (Lipinski definition) is 1. The van der Waals surface area contributed by atoms with Crippen molar-refractivity contribution in [3.8, 4) is 0 Å². The first-order chi connectivity index (χ1) is 10.0. The van der Waals surface area contributed by atoms with Gasteiger partial charge in [-0.1, -0.05) is 38.1 Å². The standard InChI is InChI=1S/C18H18FNO/c1-13(2)15-6-10-17(11-7-15)20-18(21)12-5-14-3-8-16(19)9-4-14/h3-13H,1-2H3,(H,20,21). The van der Waals surface area contributed by atoms with Crippen molar-refractivity contribution in [3.63, 3.8) is 0 Å². The summed E-state index contributed by atoms with van der Waals surface area (Å²) in [5, 5.41) is 2.79. The van der Waals surface area contributed by atoms with Crippen LogP contribution in [0.1, 0.15) is 30.9 Å². The van der Waals surface area contributed by atoms with Crippen LogP contribution in [-0.4, -0.2) is 5.91 Å². The van der Waals surface area contributed by atoms with Crippen molar-refractivity contribution in [2.24, 2.45) is 0 Å². The predicted octanol–water partition coefficient (Wildman–Crippen LogP) is 4.60. The van der Waals surface area contributed by atoms with Gasteiger partial charge in [0, 0.05) is 11.8 Å². The molecule has 2 nitrogen and oxygen atoms in total. The fourth-order valence-corrected chi connectivity index (χ4v) is 1.88. The van der Waals surface area contributed by atoms with Crippen LogP contribution >= 0.6 is 0 Å². The molecule has 0 bridgehead atoms. The molecular weight excluding hydrogens is 265 g/mol. The SMILES string of the molecule is CC(C)c1ccc(NC(=O)C=Cc2ccc(F)cc2)cc1. The van der Waals surface area contributed by atoms with E-state index in [9.17, 15) is 9.18 Å². The van der Waals surface area contributed by atoms with Gasteiger partial charge < -0.3 is 5.32 Å². The number of carbonyl (C=O) groups is 1.